The van der Waals surface area contributed by atoms with E-state index in [1.54, 1.807) is 12.1 Å². The van der Waals surface area contributed by atoms with E-state index in [2.05, 4.69) is 0 Å². The number of hydrogen-bond acceptors (Lipinski definition) is 2. The molecule has 2 aromatic carbocycles. The summed E-state index contributed by atoms with van der Waals surface area (Å²) in [6.07, 6.45) is 3.73. The topological polar surface area (TPSA) is 30.2 Å². The third-order valence-corrected chi connectivity index (χ3v) is 2.89. The monoisotopic (exact) mass is 308 g/mol. The van der Waals surface area contributed by atoms with Gasteiger partial charge in [-0.3, -0.25) is 4.79 Å². The Kier molecular flexibility index (Phi) is 8.16. The van der Waals surface area contributed by atoms with Gasteiger partial charge in [-0.25, -0.2) is 0 Å². The molecule has 0 aliphatic heterocycles. The van der Waals surface area contributed by atoms with Crippen molar-refractivity contribution >= 4 is 23.1 Å². The van der Waals surface area contributed by atoms with Crippen LogP contribution in [0.3, 0.4) is 0 Å². The van der Waals surface area contributed by atoms with Crippen LogP contribution in [0.5, 0.6) is 0 Å². The molecule has 1 aromatic heterocycles. The van der Waals surface area contributed by atoms with E-state index in [4.69, 9.17) is 4.42 Å². The molecule has 3 aromatic rings. The highest BCUT2D eigenvalue weighted by molar-refractivity contribution is 5.78. The van der Waals surface area contributed by atoms with Crippen LogP contribution in [0.2, 0.25) is 0 Å². The van der Waals surface area contributed by atoms with Crippen LogP contribution in [0.25, 0.3) is 23.1 Å². The molecule has 0 spiro atoms. The molecule has 1 heterocycles. The fraction of sp³-hybridized carbons (Fsp3) is 0.190. The Hall–Kier alpha value is -2.61. The average molecular weight is 308 g/mol. The van der Waals surface area contributed by atoms with Crippen LogP contribution in [0.1, 0.15) is 39.0 Å². The van der Waals surface area contributed by atoms with Gasteiger partial charge in [0.25, 0.3) is 0 Å². The maximum atomic E-state index is 11.9. The lowest BCUT2D eigenvalue weighted by Gasteiger charge is -1.98. The van der Waals surface area contributed by atoms with Gasteiger partial charge in [0.1, 0.15) is 11.3 Å². The number of hydrogen-bond donors (Lipinski definition) is 0. The second-order valence-electron chi connectivity index (χ2n) is 4.25. The largest absolute Gasteiger partial charge is 0.456 e. The normalized spacial score (nSPS) is 9.74. The average Bonchev–Trinajstić information content (AvgIpc) is 2.64. The Bertz CT molecular complexity index is 784. The summed E-state index contributed by atoms with van der Waals surface area (Å²) in [5, 5.41) is 0.611. The van der Waals surface area contributed by atoms with Crippen molar-refractivity contribution in [3.63, 3.8) is 0 Å². The summed E-state index contributed by atoms with van der Waals surface area (Å²) in [6.45, 7) is 8.00. The molecule has 120 valence electrons. The van der Waals surface area contributed by atoms with Gasteiger partial charge in [-0.1, -0.05) is 76.2 Å². The van der Waals surface area contributed by atoms with E-state index in [1.807, 2.05) is 82.3 Å². The zero-order chi connectivity index (χ0) is 17.1. The molecule has 0 unspecified atom stereocenters. The molecule has 2 nitrogen and oxygen atoms in total. The Labute approximate surface area is 138 Å². The van der Waals surface area contributed by atoms with Crippen molar-refractivity contribution in [1.82, 2.24) is 0 Å². The molecule has 3 rings (SSSR count). The predicted molar refractivity (Wildman–Crippen MR) is 101 cm³/mol. The molecular weight excluding hydrogens is 284 g/mol. The number of benzene rings is 2. The summed E-state index contributed by atoms with van der Waals surface area (Å²) < 4.78 is 5.68. The van der Waals surface area contributed by atoms with Gasteiger partial charge in [0, 0.05) is 6.07 Å². The number of fused-ring (bicyclic) bond motifs is 1. The highest BCUT2D eigenvalue weighted by Crippen LogP contribution is 2.13. The van der Waals surface area contributed by atoms with Crippen LogP contribution in [0.4, 0.5) is 0 Å². The summed E-state index contributed by atoms with van der Waals surface area (Å²) in [5.74, 6) is 0.563. The second-order valence-corrected chi connectivity index (χ2v) is 4.25. The number of para-hydroxylation sites is 1. The number of rotatable bonds is 2. The predicted octanol–water partition coefficient (Wildman–Crippen LogP) is 6.02. The fourth-order valence-corrected chi connectivity index (χ4v) is 1.95. The second kappa shape index (κ2) is 10.2. The van der Waals surface area contributed by atoms with Gasteiger partial charge in [0.15, 0.2) is 5.43 Å². The zero-order valence-corrected chi connectivity index (χ0v) is 14.2. The van der Waals surface area contributed by atoms with Crippen LogP contribution in [0.15, 0.2) is 69.9 Å². The Morgan fingerprint density at radius 2 is 1.39 bits per heavy atom. The molecule has 0 N–H and O–H groups in total. The third-order valence-electron chi connectivity index (χ3n) is 2.89. The standard InChI is InChI=1S/C17H12O2.2C2H6/c18-16-12-14(11-10-13-6-2-1-3-7-13)19-17-9-5-4-8-15(16)17;2*1-2/h1-12H;2*1-2H3/b11-10+;;. The maximum absolute atomic E-state index is 11.9. The summed E-state index contributed by atoms with van der Waals surface area (Å²) >= 11 is 0. The first-order chi connectivity index (χ1) is 11.3. The van der Waals surface area contributed by atoms with Crippen molar-refractivity contribution in [1.29, 1.82) is 0 Å². The molecule has 0 bridgehead atoms. The van der Waals surface area contributed by atoms with Crippen LogP contribution < -0.4 is 5.43 Å². The fourth-order valence-electron chi connectivity index (χ4n) is 1.95. The summed E-state index contributed by atoms with van der Waals surface area (Å²) in [6, 6.07) is 18.7. The minimum Gasteiger partial charge on any atom is -0.456 e. The van der Waals surface area contributed by atoms with E-state index in [1.165, 1.54) is 6.07 Å². The molecule has 0 amide bonds. The lowest BCUT2D eigenvalue weighted by molar-refractivity contribution is 0.591. The molecular formula is C21H24O2. The third kappa shape index (κ3) is 5.26. The van der Waals surface area contributed by atoms with Gasteiger partial charge in [-0.2, -0.15) is 0 Å². The van der Waals surface area contributed by atoms with E-state index in [9.17, 15) is 4.79 Å². The van der Waals surface area contributed by atoms with Crippen molar-refractivity contribution in [3.05, 3.63) is 82.2 Å². The van der Waals surface area contributed by atoms with Crippen molar-refractivity contribution in [2.24, 2.45) is 0 Å². The van der Waals surface area contributed by atoms with Crippen molar-refractivity contribution < 1.29 is 4.42 Å². The molecule has 0 aliphatic carbocycles. The highest BCUT2D eigenvalue weighted by Gasteiger charge is 2.01. The van der Waals surface area contributed by atoms with Crippen molar-refractivity contribution in [2.75, 3.05) is 0 Å². The smallest absolute Gasteiger partial charge is 0.193 e. The van der Waals surface area contributed by atoms with Gasteiger partial charge in [0.2, 0.25) is 0 Å². The van der Waals surface area contributed by atoms with Crippen LogP contribution in [0, 0.1) is 0 Å². The van der Waals surface area contributed by atoms with E-state index in [0.29, 0.717) is 16.7 Å². The molecule has 0 saturated carbocycles. The summed E-state index contributed by atoms with van der Waals surface area (Å²) in [5.41, 5.74) is 1.66. The molecule has 0 saturated heterocycles. The van der Waals surface area contributed by atoms with E-state index in [-0.39, 0.29) is 5.43 Å². The van der Waals surface area contributed by atoms with E-state index >= 15 is 0 Å². The Morgan fingerprint density at radius 3 is 2.09 bits per heavy atom. The zero-order valence-electron chi connectivity index (χ0n) is 14.2. The van der Waals surface area contributed by atoms with Crippen molar-refractivity contribution in [2.45, 2.75) is 27.7 Å². The lowest BCUT2D eigenvalue weighted by Crippen LogP contribution is -1.99. The van der Waals surface area contributed by atoms with Gasteiger partial charge >= 0.3 is 0 Å². The van der Waals surface area contributed by atoms with E-state index in [0.717, 1.165) is 5.56 Å². The Morgan fingerprint density at radius 1 is 0.783 bits per heavy atom. The first-order valence-corrected chi connectivity index (χ1v) is 8.09. The molecule has 0 radical (unpaired) electrons. The summed E-state index contributed by atoms with van der Waals surface area (Å²) in [7, 11) is 0. The quantitative estimate of drug-likeness (QED) is 0.580. The van der Waals surface area contributed by atoms with Gasteiger partial charge in [-0.15, -0.1) is 0 Å². The SMILES string of the molecule is CC.CC.O=c1cc(/C=C/c2ccccc2)oc2ccccc12. The van der Waals surface area contributed by atoms with E-state index < -0.39 is 0 Å². The van der Waals surface area contributed by atoms with Gasteiger partial charge < -0.3 is 4.42 Å². The lowest BCUT2D eigenvalue weighted by atomic mass is 10.2. The van der Waals surface area contributed by atoms with Crippen LogP contribution >= 0.6 is 0 Å². The first kappa shape index (κ1) is 18.4. The molecule has 2 heteroatoms. The molecule has 0 aliphatic rings. The van der Waals surface area contributed by atoms with Crippen molar-refractivity contribution in [3.8, 4) is 0 Å². The highest BCUT2D eigenvalue weighted by atomic mass is 16.3. The minimum atomic E-state index is -0.0189. The molecule has 0 fully saturated rings. The molecule has 23 heavy (non-hydrogen) atoms. The minimum absolute atomic E-state index is 0.0189. The maximum Gasteiger partial charge on any atom is 0.193 e. The Balaban J connectivity index is 0.000000615. The van der Waals surface area contributed by atoms with Gasteiger partial charge in [0.05, 0.1) is 5.39 Å². The van der Waals surface area contributed by atoms with Crippen LogP contribution in [-0.4, -0.2) is 0 Å². The van der Waals surface area contributed by atoms with Crippen LogP contribution in [-0.2, 0) is 0 Å². The van der Waals surface area contributed by atoms with Gasteiger partial charge in [-0.05, 0) is 23.8 Å². The molecule has 0 atom stereocenters. The summed E-state index contributed by atoms with van der Waals surface area (Å²) in [4.78, 5) is 11.9. The first-order valence-electron chi connectivity index (χ1n) is 8.09.